The van der Waals surface area contributed by atoms with Crippen LogP contribution in [0.3, 0.4) is 0 Å². The molecule has 1 aliphatic rings. The van der Waals surface area contributed by atoms with Crippen LogP contribution in [0.15, 0.2) is 42.5 Å². The molecular formula is C24H29NO4. The topological polar surface area (TPSA) is 64.6 Å². The quantitative estimate of drug-likeness (QED) is 0.533. The van der Waals surface area contributed by atoms with Crippen molar-refractivity contribution in [1.82, 2.24) is 0 Å². The Balaban J connectivity index is 1.62. The van der Waals surface area contributed by atoms with Crippen LogP contribution in [0.4, 0.5) is 5.69 Å². The van der Waals surface area contributed by atoms with Gasteiger partial charge < -0.3 is 14.8 Å². The van der Waals surface area contributed by atoms with E-state index in [0.29, 0.717) is 31.0 Å². The zero-order chi connectivity index (χ0) is 20.9. The molecule has 2 atom stereocenters. The third kappa shape index (κ3) is 5.83. The highest BCUT2D eigenvalue weighted by Gasteiger charge is 2.39. The SMILES string of the molecule is Cc1cc(C)cc(NC(=O)Cc2ccc(OC3(OC=O)CCCC(C)C3)cc2)c1. The van der Waals surface area contributed by atoms with Gasteiger partial charge in [0.25, 0.3) is 12.3 Å². The second kappa shape index (κ2) is 9.12. The second-order valence-corrected chi connectivity index (χ2v) is 8.17. The number of rotatable bonds is 7. The maximum atomic E-state index is 12.4. The molecule has 0 radical (unpaired) electrons. The summed E-state index contributed by atoms with van der Waals surface area (Å²) in [6.07, 6.45) is 3.73. The van der Waals surface area contributed by atoms with Crippen molar-refractivity contribution in [2.75, 3.05) is 5.32 Å². The molecule has 2 aromatic rings. The molecule has 3 rings (SSSR count). The van der Waals surface area contributed by atoms with Crippen LogP contribution in [0, 0.1) is 19.8 Å². The van der Waals surface area contributed by atoms with Crippen LogP contribution in [-0.4, -0.2) is 18.2 Å². The second-order valence-electron chi connectivity index (χ2n) is 8.17. The van der Waals surface area contributed by atoms with Crippen molar-refractivity contribution in [2.24, 2.45) is 5.92 Å². The van der Waals surface area contributed by atoms with E-state index in [1.807, 2.05) is 50.2 Å². The maximum Gasteiger partial charge on any atom is 0.296 e. The zero-order valence-corrected chi connectivity index (χ0v) is 17.4. The lowest BCUT2D eigenvalue weighted by Crippen LogP contribution is -2.43. The third-order valence-electron chi connectivity index (χ3n) is 5.27. The Labute approximate surface area is 172 Å². The molecule has 0 aromatic heterocycles. The lowest BCUT2D eigenvalue weighted by Gasteiger charge is -2.38. The van der Waals surface area contributed by atoms with Gasteiger partial charge in [-0.15, -0.1) is 0 Å². The average Bonchev–Trinajstić information content (AvgIpc) is 2.62. The van der Waals surface area contributed by atoms with Crippen molar-refractivity contribution < 1.29 is 19.1 Å². The summed E-state index contributed by atoms with van der Waals surface area (Å²) in [4.78, 5) is 23.4. The summed E-state index contributed by atoms with van der Waals surface area (Å²) in [5.74, 6) is 0.128. The van der Waals surface area contributed by atoms with E-state index in [2.05, 4.69) is 18.3 Å². The molecule has 154 valence electrons. The van der Waals surface area contributed by atoms with Crippen LogP contribution < -0.4 is 10.1 Å². The van der Waals surface area contributed by atoms with E-state index in [4.69, 9.17) is 9.47 Å². The van der Waals surface area contributed by atoms with E-state index in [0.717, 1.165) is 35.2 Å². The first-order valence-corrected chi connectivity index (χ1v) is 10.1. The van der Waals surface area contributed by atoms with Gasteiger partial charge in [0.1, 0.15) is 5.75 Å². The Hall–Kier alpha value is -2.82. The molecule has 5 heteroatoms. The highest BCUT2D eigenvalue weighted by Crippen LogP contribution is 2.36. The Bertz CT molecular complexity index is 841. The number of ether oxygens (including phenoxy) is 2. The molecule has 1 fully saturated rings. The van der Waals surface area contributed by atoms with Gasteiger partial charge in [0, 0.05) is 18.5 Å². The largest absolute Gasteiger partial charge is 0.452 e. The van der Waals surface area contributed by atoms with Crippen LogP contribution in [0.5, 0.6) is 5.75 Å². The Morgan fingerprint density at radius 3 is 2.48 bits per heavy atom. The average molecular weight is 395 g/mol. The normalized spacial score (nSPS) is 21.3. The van der Waals surface area contributed by atoms with Crippen molar-refractivity contribution in [3.05, 3.63) is 59.2 Å². The van der Waals surface area contributed by atoms with Crippen molar-refractivity contribution in [3.8, 4) is 5.75 Å². The minimum atomic E-state index is -0.888. The standard InChI is InChI=1S/C24H29NO4/c1-17-5-4-10-24(15-17,28-16-26)29-22-8-6-20(7-9-22)14-23(27)25-21-12-18(2)11-19(3)13-21/h6-9,11-13,16-17H,4-5,10,14-15H2,1-3H3,(H,25,27). The fourth-order valence-corrected chi connectivity index (χ4v) is 4.09. The fraction of sp³-hybridized carbons (Fsp3) is 0.417. The number of aryl methyl sites for hydroxylation is 2. The monoisotopic (exact) mass is 395 g/mol. The number of amides is 1. The number of carbonyl (C=O) groups excluding carboxylic acids is 2. The van der Waals surface area contributed by atoms with E-state index >= 15 is 0 Å². The first-order valence-electron chi connectivity index (χ1n) is 10.1. The predicted octanol–water partition coefficient (Wildman–Crippen LogP) is 4.94. The summed E-state index contributed by atoms with van der Waals surface area (Å²) in [6.45, 7) is 6.64. The van der Waals surface area contributed by atoms with E-state index in [1.54, 1.807) is 0 Å². The van der Waals surface area contributed by atoms with Crippen molar-refractivity contribution in [3.63, 3.8) is 0 Å². The van der Waals surface area contributed by atoms with E-state index < -0.39 is 5.79 Å². The molecule has 0 heterocycles. The summed E-state index contributed by atoms with van der Waals surface area (Å²) < 4.78 is 11.4. The van der Waals surface area contributed by atoms with Crippen LogP contribution in [0.2, 0.25) is 0 Å². The summed E-state index contributed by atoms with van der Waals surface area (Å²) >= 11 is 0. The van der Waals surface area contributed by atoms with Crippen LogP contribution in [0.1, 0.15) is 49.3 Å². The zero-order valence-electron chi connectivity index (χ0n) is 17.4. The molecule has 0 spiro atoms. The summed E-state index contributed by atoms with van der Waals surface area (Å²) in [5, 5.41) is 2.95. The summed E-state index contributed by atoms with van der Waals surface area (Å²) in [6, 6.07) is 13.4. The number of hydrogen-bond donors (Lipinski definition) is 1. The Kier molecular flexibility index (Phi) is 6.57. The molecule has 1 amide bonds. The maximum absolute atomic E-state index is 12.4. The van der Waals surface area contributed by atoms with E-state index in [-0.39, 0.29) is 12.3 Å². The van der Waals surface area contributed by atoms with Gasteiger partial charge in [-0.1, -0.05) is 31.5 Å². The van der Waals surface area contributed by atoms with Crippen LogP contribution in [0.25, 0.3) is 0 Å². The molecule has 1 N–H and O–H groups in total. The first kappa shape index (κ1) is 20.9. The lowest BCUT2D eigenvalue weighted by molar-refractivity contribution is -0.199. The molecule has 0 aliphatic heterocycles. The molecule has 2 aromatic carbocycles. The number of nitrogens with one attached hydrogen (secondary N) is 1. The molecule has 1 aliphatic carbocycles. The smallest absolute Gasteiger partial charge is 0.296 e. The minimum Gasteiger partial charge on any atom is -0.452 e. The minimum absolute atomic E-state index is 0.0643. The number of anilines is 1. The van der Waals surface area contributed by atoms with Gasteiger partial charge in [0.05, 0.1) is 6.42 Å². The number of carbonyl (C=O) groups is 2. The van der Waals surface area contributed by atoms with Crippen LogP contribution in [-0.2, 0) is 20.7 Å². The molecule has 1 saturated carbocycles. The lowest BCUT2D eigenvalue weighted by atomic mass is 9.86. The predicted molar refractivity (Wildman–Crippen MR) is 113 cm³/mol. The van der Waals surface area contributed by atoms with Crippen LogP contribution >= 0.6 is 0 Å². The molecular weight excluding hydrogens is 366 g/mol. The number of hydrogen-bond acceptors (Lipinski definition) is 4. The van der Waals surface area contributed by atoms with Crippen molar-refractivity contribution in [1.29, 1.82) is 0 Å². The van der Waals surface area contributed by atoms with Gasteiger partial charge in [0.2, 0.25) is 5.91 Å². The molecule has 2 unspecified atom stereocenters. The third-order valence-corrected chi connectivity index (χ3v) is 5.27. The highest BCUT2D eigenvalue weighted by molar-refractivity contribution is 5.92. The summed E-state index contributed by atoms with van der Waals surface area (Å²) in [7, 11) is 0. The first-order chi connectivity index (χ1) is 13.9. The molecule has 0 bridgehead atoms. The Morgan fingerprint density at radius 1 is 1.17 bits per heavy atom. The molecule has 29 heavy (non-hydrogen) atoms. The van der Waals surface area contributed by atoms with Gasteiger partial charge in [0.15, 0.2) is 0 Å². The molecule has 5 nitrogen and oxygen atoms in total. The van der Waals surface area contributed by atoms with Gasteiger partial charge in [-0.25, -0.2) is 0 Å². The highest BCUT2D eigenvalue weighted by atomic mass is 16.7. The van der Waals surface area contributed by atoms with E-state index in [1.165, 1.54) is 0 Å². The van der Waals surface area contributed by atoms with Crippen molar-refractivity contribution in [2.45, 2.75) is 58.7 Å². The Morgan fingerprint density at radius 2 is 1.86 bits per heavy atom. The van der Waals surface area contributed by atoms with E-state index in [9.17, 15) is 9.59 Å². The summed E-state index contributed by atoms with van der Waals surface area (Å²) in [5.41, 5.74) is 3.93. The number of benzene rings is 2. The van der Waals surface area contributed by atoms with Gasteiger partial charge >= 0.3 is 0 Å². The van der Waals surface area contributed by atoms with Gasteiger partial charge in [-0.05, 0) is 67.1 Å². The van der Waals surface area contributed by atoms with Gasteiger partial charge in [-0.3, -0.25) is 9.59 Å². The van der Waals surface area contributed by atoms with Gasteiger partial charge in [-0.2, -0.15) is 0 Å². The fourth-order valence-electron chi connectivity index (χ4n) is 4.09. The van der Waals surface area contributed by atoms with Crippen molar-refractivity contribution >= 4 is 18.1 Å². The molecule has 0 saturated heterocycles.